The van der Waals surface area contributed by atoms with Crippen molar-refractivity contribution >= 4 is 11.6 Å². The maximum atomic E-state index is 13.3. The summed E-state index contributed by atoms with van der Waals surface area (Å²) in [6.07, 6.45) is 2.03. The molecule has 0 aromatic heterocycles. The molecule has 0 radical (unpaired) electrons. The highest BCUT2D eigenvalue weighted by Gasteiger charge is 2.23. The Kier molecular flexibility index (Phi) is 6.19. The van der Waals surface area contributed by atoms with E-state index in [0.717, 1.165) is 38.2 Å². The first kappa shape index (κ1) is 17.5. The zero-order valence-electron chi connectivity index (χ0n) is 13.9. The third kappa shape index (κ3) is 5.37. The first-order valence-electron chi connectivity index (χ1n) is 8.19. The van der Waals surface area contributed by atoms with Crippen molar-refractivity contribution in [2.45, 2.75) is 26.7 Å². The van der Waals surface area contributed by atoms with Crippen LogP contribution in [0.25, 0.3) is 0 Å². The van der Waals surface area contributed by atoms with Gasteiger partial charge < -0.3 is 16.0 Å². The average Bonchev–Trinajstić information content (AvgIpc) is 2.96. The van der Waals surface area contributed by atoms with Gasteiger partial charge in [0.25, 0.3) is 0 Å². The van der Waals surface area contributed by atoms with Gasteiger partial charge in [-0.1, -0.05) is 13.8 Å². The molecule has 1 saturated heterocycles. The number of hydrogen-bond acceptors (Lipinski definition) is 2. The quantitative estimate of drug-likeness (QED) is 0.625. The summed E-state index contributed by atoms with van der Waals surface area (Å²) in [5, 5.41) is 3.12. The standard InChI is InChI=1S/C17H26F2N4/c1-12(2)5-7-21-17(20)22-10-13-6-8-23(11-13)14-3-4-15(18)16(19)9-14/h3-4,9,12-13H,5-8,10-11H2,1-2H3,(H3,20,21,22). The predicted octanol–water partition coefficient (Wildman–Crippen LogP) is 2.74. The van der Waals surface area contributed by atoms with Crippen molar-refractivity contribution in [1.29, 1.82) is 0 Å². The van der Waals surface area contributed by atoms with Gasteiger partial charge in [0.2, 0.25) is 0 Å². The highest BCUT2D eigenvalue weighted by atomic mass is 19.2. The average molecular weight is 324 g/mol. The normalized spacial score (nSPS) is 18.7. The molecule has 1 aromatic carbocycles. The predicted molar refractivity (Wildman–Crippen MR) is 90.6 cm³/mol. The second kappa shape index (κ2) is 8.13. The van der Waals surface area contributed by atoms with Crippen LogP contribution in [0.3, 0.4) is 0 Å². The van der Waals surface area contributed by atoms with Gasteiger partial charge in [-0.2, -0.15) is 0 Å². The molecule has 0 amide bonds. The number of anilines is 1. The summed E-state index contributed by atoms with van der Waals surface area (Å²) < 4.78 is 26.3. The van der Waals surface area contributed by atoms with Crippen molar-refractivity contribution in [2.75, 3.05) is 31.1 Å². The zero-order chi connectivity index (χ0) is 16.8. The first-order valence-corrected chi connectivity index (χ1v) is 8.19. The van der Waals surface area contributed by atoms with Crippen molar-refractivity contribution in [3.05, 3.63) is 29.8 Å². The largest absolute Gasteiger partial charge is 0.371 e. The summed E-state index contributed by atoms with van der Waals surface area (Å²) in [6, 6.07) is 4.04. The number of hydrogen-bond donors (Lipinski definition) is 2. The summed E-state index contributed by atoms with van der Waals surface area (Å²) in [5.74, 6) is -0.114. The van der Waals surface area contributed by atoms with Gasteiger partial charge in [-0.3, -0.25) is 4.99 Å². The highest BCUT2D eigenvalue weighted by Crippen LogP contribution is 2.25. The molecule has 0 aliphatic carbocycles. The Hall–Kier alpha value is -1.85. The first-order chi connectivity index (χ1) is 11.0. The van der Waals surface area contributed by atoms with Gasteiger partial charge in [-0.25, -0.2) is 8.78 Å². The van der Waals surface area contributed by atoms with E-state index in [1.165, 1.54) is 12.1 Å². The molecule has 2 rings (SSSR count). The summed E-state index contributed by atoms with van der Waals surface area (Å²) >= 11 is 0. The number of benzene rings is 1. The fraction of sp³-hybridized carbons (Fsp3) is 0.588. The molecule has 1 aliphatic heterocycles. The Balaban J connectivity index is 1.79. The third-order valence-electron chi connectivity index (χ3n) is 4.10. The Morgan fingerprint density at radius 3 is 2.87 bits per heavy atom. The number of guanidine groups is 1. The molecule has 0 saturated carbocycles. The Morgan fingerprint density at radius 1 is 1.39 bits per heavy atom. The van der Waals surface area contributed by atoms with Crippen LogP contribution in [0.5, 0.6) is 0 Å². The maximum absolute atomic E-state index is 13.3. The van der Waals surface area contributed by atoms with E-state index in [9.17, 15) is 8.78 Å². The number of nitrogens with zero attached hydrogens (tertiary/aromatic N) is 2. The molecule has 4 nitrogen and oxygen atoms in total. The van der Waals surface area contributed by atoms with Crippen molar-refractivity contribution in [3.63, 3.8) is 0 Å². The van der Waals surface area contributed by atoms with Crippen molar-refractivity contribution in [1.82, 2.24) is 5.32 Å². The van der Waals surface area contributed by atoms with E-state index in [2.05, 4.69) is 29.1 Å². The molecule has 23 heavy (non-hydrogen) atoms. The van der Waals surface area contributed by atoms with Gasteiger partial charge in [0, 0.05) is 37.9 Å². The minimum absolute atomic E-state index is 0.383. The molecule has 1 unspecified atom stereocenters. The lowest BCUT2D eigenvalue weighted by atomic mass is 10.1. The molecule has 1 heterocycles. The van der Waals surface area contributed by atoms with E-state index in [1.807, 2.05) is 0 Å². The molecule has 1 aromatic rings. The van der Waals surface area contributed by atoms with Crippen LogP contribution >= 0.6 is 0 Å². The van der Waals surface area contributed by atoms with Crippen molar-refractivity contribution in [2.24, 2.45) is 22.6 Å². The SMILES string of the molecule is CC(C)CCNC(N)=NCC1CCN(c2ccc(F)c(F)c2)C1. The molecule has 0 spiro atoms. The Labute approximate surface area is 136 Å². The van der Waals surface area contributed by atoms with Gasteiger partial charge in [0.1, 0.15) is 0 Å². The third-order valence-corrected chi connectivity index (χ3v) is 4.10. The Bertz CT molecular complexity index is 545. The molecule has 128 valence electrons. The lowest BCUT2D eigenvalue weighted by molar-refractivity contribution is 0.508. The lowest BCUT2D eigenvalue weighted by Gasteiger charge is -2.18. The molecular formula is C17H26F2N4. The van der Waals surface area contributed by atoms with E-state index >= 15 is 0 Å². The van der Waals surface area contributed by atoms with Crippen LogP contribution in [0.15, 0.2) is 23.2 Å². The Morgan fingerprint density at radius 2 is 2.17 bits per heavy atom. The van der Waals surface area contributed by atoms with E-state index in [0.29, 0.717) is 24.3 Å². The van der Waals surface area contributed by atoms with Crippen molar-refractivity contribution in [3.8, 4) is 0 Å². The van der Waals surface area contributed by atoms with E-state index < -0.39 is 11.6 Å². The van der Waals surface area contributed by atoms with Crippen LogP contribution in [0.1, 0.15) is 26.7 Å². The van der Waals surface area contributed by atoms with Crippen molar-refractivity contribution < 1.29 is 8.78 Å². The molecule has 6 heteroatoms. The molecule has 0 bridgehead atoms. The van der Waals surface area contributed by atoms with E-state index in [1.54, 1.807) is 6.07 Å². The van der Waals surface area contributed by atoms with Gasteiger partial charge in [0.05, 0.1) is 0 Å². The molecule has 3 N–H and O–H groups in total. The zero-order valence-corrected chi connectivity index (χ0v) is 13.9. The fourth-order valence-electron chi connectivity index (χ4n) is 2.67. The van der Waals surface area contributed by atoms with Crippen LogP contribution in [0.2, 0.25) is 0 Å². The van der Waals surface area contributed by atoms with Gasteiger partial charge in [-0.05, 0) is 36.8 Å². The molecule has 1 fully saturated rings. The molecule has 1 atom stereocenters. The van der Waals surface area contributed by atoms with Crippen LogP contribution in [-0.4, -0.2) is 32.1 Å². The van der Waals surface area contributed by atoms with Gasteiger partial charge in [-0.15, -0.1) is 0 Å². The number of halogens is 2. The minimum atomic E-state index is -0.811. The number of rotatable bonds is 6. The van der Waals surface area contributed by atoms with E-state index in [4.69, 9.17) is 5.73 Å². The lowest BCUT2D eigenvalue weighted by Crippen LogP contribution is -2.33. The second-order valence-corrected chi connectivity index (χ2v) is 6.53. The number of nitrogens with two attached hydrogens (primary N) is 1. The van der Waals surface area contributed by atoms with Crippen LogP contribution in [-0.2, 0) is 0 Å². The number of nitrogens with one attached hydrogen (secondary N) is 1. The maximum Gasteiger partial charge on any atom is 0.188 e. The van der Waals surface area contributed by atoms with Crippen LogP contribution in [0, 0.1) is 23.5 Å². The monoisotopic (exact) mass is 324 g/mol. The highest BCUT2D eigenvalue weighted by molar-refractivity contribution is 5.77. The smallest absolute Gasteiger partial charge is 0.188 e. The summed E-state index contributed by atoms with van der Waals surface area (Å²) in [5.41, 5.74) is 6.58. The second-order valence-electron chi connectivity index (χ2n) is 6.53. The topological polar surface area (TPSA) is 53.6 Å². The van der Waals surface area contributed by atoms with Gasteiger partial charge >= 0.3 is 0 Å². The summed E-state index contributed by atoms with van der Waals surface area (Å²) in [6.45, 7) is 7.43. The molecule has 1 aliphatic rings. The van der Waals surface area contributed by atoms with Crippen LogP contribution in [0.4, 0.5) is 14.5 Å². The van der Waals surface area contributed by atoms with Crippen LogP contribution < -0.4 is 16.0 Å². The summed E-state index contributed by atoms with van der Waals surface area (Å²) in [4.78, 5) is 6.45. The van der Waals surface area contributed by atoms with E-state index in [-0.39, 0.29) is 0 Å². The minimum Gasteiger partial charge on any atom is -0.371 e. The summed E-state index contributed by atoms with van der Waals surface area (Å²) in [7, 11) is 0. The molecular weight excluding hydrogens is 298 g/mol. The number of aliphatic imine (C=N–C) groups is 1. The van der Waals surface area contributed by atoms with Gasteiger partial charge in [0.15, 0.2) is 17.6 Å². The fourth-order valence-corrected chi connectivity index (χ4v) is 2.67.